The second kappa shape index (κ2) is 6.85. The molecule has 2 rings (SSSR count). The molecule has 22 heavy (non-hydrogen) atoms. The van der Waals surface area contributed by atoms with Crippen LogP contribution in [0.25, 0.3) is 0 Å². The zero-order valence-electron chi connectivity index (χ0n) is 13.9. The van der Waals surface area contributed by atoms with Gasteiger partial charge in [0, 0.05) is 0 Å². The first-order valence-electron chi connectivity index (χ1n) is 7.74. The molecule has 8 heteroatoms. The van der Waals surface area contributed by atoms with Crippen molar-refractivity contribution in [2.45, 2.75) is 70.5 Å². The van der Waals surface area contributed by atoms with Gasteiger partial charge in [-0.05, 0) is 20.8 Å². The van der Waals surface area contributed by atoms with E-state index in [1.165, 1.54) is 0 Å². The van der Waals surface area contributed by atoms with Gasteiger partial charge in [-0.25, -0.2) is 0 Å². The molecular formula is C14H27O7P. The summed E-state index contributed by atoms with van der Waals surface area (Å²) in [6.07, 6.45) is -1.60. The minimum absolute atomic E-state index is 0.0215. The van der Waals surface area contributed by atoms with Crippen LogP contribution in [0.1, 0.15) is 34.6 Å². The molecule has 2 heterocycles. The molecule has 130 valence electrons. The van der Waals surface area contributed by atoms with Crippen molar-refractivity contribution in [3.63, 3.8) is 0 Å². The molecular weight excluding hydrogens is 311 g/mol. The molecule has 0 saturated carbocycles. The standard InChI is InChI=1S/C14H27O7P/c1-9(2)18-8-14-13(21-22(15,16)10(3)4)12(11(5)20-14)17-6-7-19-14/h9-13H,6-8H2,1-5H3,(H,15,16)/t11-,12?,13+,14+/m0/s1. The highest BCUT2D eigenvalue weighted by molar-refractivity contribution is 7.53. The Morgan fingerprint density at radius 1 is 1.32 bits per heavy atom. The summed E-state index contributed by atoms with van der Waals surface area (Å²) in [6.45, 7) is 9.76. The Morgan fingerprint density at radius 2 is 2.00 bits per heavy atom. The lowest BCUT2D eigenvalue weighted by Crippen LogP contribution is -2.50. The third-order valence-corrected chi connectivity index (χ3v) is 5.69. The van der Waals surface area contributed by atoms with Crippen LogP contribution in [0.3, 0.4) is 0 Å². The third-order valence-electron chi connectivity index (χ3n) is 3.85. The Kier molecular flexibility index (Phi) is 5.71. The lowest BCUT2D eigenvalue weighted by atomic mass is 10.1. The molecule has 2 saturated heterocycles. The normalized spacial score (nSPS) is 38.3. The SMILES string of the molecule is CC(C)OC[C@@]12OCCOC([C@H](C)O1)[C@H]2OP(=O)(O)C(C)C. The maximum Gasteiger partial charge on any atom is 0.331 e. The summed E-state index contributed by atoms with van der Waals surface area (Å²) in [6, 6.07) is 0. The Labute approximate surface area is 131 Å². The summed E-state index contributed by atoms with van der Waals surface area (Å²) in [5.74, 6) is -1.21. The van der Waals surface area contributed by atoms with Gasteiger partial charge in [-0.1, -0.05) is 13.8 Å². The van der Waals surface area contributed by atoms with Gasteiger partial charge in [0.15, 0.2) is 6.10 Å². The van der Waals surface area contributed by atoms with Crippen LogP contribution in [-0.4, -0.2) is 60.6 Å². The zero-order valence-corrected chi connectivity index (χ0v) is 14.7. The van der Waals surface area contributed by atoms with Gasteiger partial charge in [0.25, 0.3) is 0 Å². The highest BCUT2D eigenvalue weighted by Crippen LogP contribution is 2.53. The summed E-state index contributed by atoms with van der Waals surface area (Å²) in [4.78, 5) is 10.1. The van der Waals surface area contributed by atoms with Gasteiger partial charge in [0.1, 0.15) is 12.7 Å². The van der Waals surface area contributed by atoms with Crippen molar-refractivity contribution >= 4 is 7.60 Å². The third kappa shape index (κ3) is 3.73. The molecule has 1 N–H and O–H groups in total. The largest absolute Gasteiger partial charge is 0.373 e. The minimum Gasteiger partial charge on any atom is -0.373 e. The maximum absolute atomic E-state index is 12.3. The maximum atomic E-state index is 12.3. The van der Waals surface area contributed by atoms with Crippen molar-refractivity contribution in [2.75, 3.05) is 19.8 Å². The number of fused-ring (bicyclic) bond motifs is 2. The Morgan fingerprint density at radius 3 is 2.59 bits per heavy atom. The molecule has 2 aliphatic heterocycles. The molecule has 0 amide bonds. The summed E-state index contributed by atoms with van der Waals surface area (Å²) < 4.78 is 41.0. The van der Waals surface area contributed by atoms with Crippen LogP contribution in [0.5, 0.6) is 0 Å². The van der Waals surface area contributed by atoms with Crippen LogP contribution in [0.15, 0.2) is 0 Å². The molecule has 7 nitrogen and oxygen atoms in total. The van der Waals surface area contributed by atoms with Crippen molar-refractivity contribution in [1.82, 2.24) is 0 Å². The Hall–Kier alpha value is -0.0100. The van der Waals surface area contributed by atoms with E-state index in [9.17, 15) is 9.46 Å². The van der Waals surface area contributed by atoms with Crippen LogP contribution in [0.2, 0.25) is 0 Å². The van der Waals surface area contributed by atoms with Gasteiger partial charge in [-0.15, -0.1) is 0 Å². The predicted molar refractivity (Wildman–Crippen MR) is 79.9 cm³/mol. The van der Waals surface area contributed by atoms with Crippen molar-refractivity contribution in [3.05, 3.63) is 0 Å². The van der Waals surface area contributed by atoms with Gasteiger partial charge in [-0.3, -0.25) is 9.09 Å². The average Bonchev–Trinajstić information content (AvgIpc) is 2.54. The minimum atomic E-state index is -3.80. The molecule has 0 aromatic carbocycles. The smallest absolute Gasteiger partial charge is 0.331 e. The van der Waals surface area contributed by atoms with Gasteiger partial charge in [-0.2, -0.15) is 0 Å². The van der Waals surface area contributed by atoms with Gasteiger partial charge < -0.3 is 23.8 Å². The predicted octanol–water partition coefficient (Wildman–Crippen LogP) is 1.92. The quantitative estimate of drug-likeness (QED) is 0.741. The topological polar surface area (TPSA) is 83.5 Å². The van der Waals surface area contributed by atoms with E-state index in [1.807, 2.05) is 20.8 Å². The van der Waals surface area contributed by atoms with Gasteiger partial charge in [0.2, 0.25) is 5.79 Å². The van der Waals surface area contributed by atoms with Crippen molar-refractivity contribution in [2.24, 2.45) is 0 Å². The molecule has 0 aliphatic carbocycles. The van der Waals surface area contributed by atoms with E-state index in [0.717, 1.165) is 0 Å². The summed E-state index contributed by atoms with van der Waals surface area (Å²) in [5, 5.41) is 0. The van der Waals surface area contributed by atoms with Crippen LogP contribution in [-0.2, 0) is 28.0 Å². The molecule has 0 spiro atoms. The molecule has 0 radical (unpaired) electrons. The Balaban J connectivity index is 2.26. The summed E-state index contributed by atoms with van der Waals surface area (Å²) >= 11 is 0. The molecule has 2 bridgehead atoms. The fourth-order valence-electron chi connectivity index (χ4n) is 2.55. The van der Waals surface area contributed by atoms with Crippen molar-refractivity contribution in [1.29, 1.82) is 0 Å². The molecule has 0 aromatic heterocycles. The van der Waals surface area contributed by atoms with E-state index in [-0.39, 0.29) is 18.8 Å². The molecule has 0 aromatic rings. The van der Waals surface area contributed by atoms with E-state index in [2.05, 4.69) is 0 Å². The van der Waals surface area contributed by atoms with E-state index in [0.29, 0.717) is 13.2 Å². The van der Waals surface area contributed by atoms with Crippen LogP contribution in [0, 0.1) is 0 Å². The first kappa shape index (κ1) is 18.3. The Bertz CT molecular complexity index is 427. The van der Waals surface area contributed by atoms with E-state index < -0.39 is 31.2 Å². The first-order chi connectivity index (χ1) is 10.2. The number of ether oxygens (including phenoxy) is 4. The van der Waals surface area contributed by atoms with Crippen LogP contribution < -0.4 is 0 Å². The molecule has 2 unspecified atom stereocenters. The fraction of sp³-hybridized carbons (Fsp3) is 1.00. The van der Waals surface area contributed by atoms with Crippen molar-refractivity contribution < 1.29 is 32.9 Å². The number of rotatable bonds is 6. The molecule has 5 atom stereocenters. The second-order valence-electron chi connectivity index (χ2n) is 6.36. The average molecular weight is 338 g/mol. The summed E-state index contributed by atoms with van der Waals surface area (Å²) in [7, 11) is -3.80. The number of hydrogen-bond acceptors (Lipinski definition) is 6. The van der Waals surface area contributed by atoms with E-state index in [1.54, 1.807) is 13.8 Å². The van der Waals surface area contributed by atoms with Crippen LogP contribution >= 0.6 is 7.60 Å². The van der Waals surface area contributed by atoms with E-state index in [4.69, 9.17) is 23.5 Å². The lowest BCUT2D eigenvalue weighted by Gasteiger charge is -2.34. The number of hydrogen-bond donors (Lipinski definition) is 1. The van der Waals surface area contributed by atoms with Crippen molar-refractivity contribution in [3.8, 4) is 0 Å². The zero-order chi connectivity index (χ0) is 16.5. The highest BCUT2D eigenvalue weighted by Gasteiger charge is 2.60. The fourth-order valence-corrected chi connectivity index (χ4v) is 3.40. The van der Waals surface area contributed by atoms with Gasteiger partial charge >= 0.3 is 7.60 Å². The van der Waals surface area contributed by atoms with Crippen LogP contribution in [0.4, 0.5) is 0 Å². The molecule has 2 aliphatic rings. The van der Waals surface area contributed by atoms with Gasteiger partial charge in [0.05, 0.1) is 31.1 Å². The monoisotopic (exact) mass is 338 g/mol. The highest BCUT2D eigenvalue weighted by atomic mass is 31.2. The first-order valence-corrected chi connectivity index (χ1v) is 9.38. The van der Waals surface area contributed by atoms with E-state index >= 15 is 0 Å². The molecule has 2 fully saturated rings. The summed E-state index contributed by atoms with van der Waals surface area (Å²) in [5.41, 5.74) is -0.520. The second-order valence-corrected chi connectivity index (χ2v) is 8.73. The lowest BCUT2D eigenvalue weighted by molar-refractivity contribution is -0.278.